The Labute approximate surface area is 262 Å². The van der Waals surface area contributed by atoms with Crippen LogP contribution in [0.1, 0.15) is 13.3 Å². The molecule has 12 heteroatoms. The van der Waals surface area contributed by atoms with Crippen molar-refractivity contribution in [2.45, 2.75) is 31.6 Å². The SMILES string of the molecule is C=C(F)C(=O)N1CCN(c2nc(OC[C@@H]3C[C@@H](F)CN3C)nc3c(F)c(-c4cccc5cccc(Cl)c45)c(Cl)cc23)[C@@H](C)C1. The number of fused-ring (bicyclic) bond motifs is 2. The molecule has 0 bridgehead atoms. The molecule has 7 nitrogen and oxygen atoms in total. The van der Waals surface area contributed by atoms with Gasteiger partial charge in [0, 0.05) is 59.6 Å². The third-order valence-corrected chi connectivity index (χ3v) is 9.04. The van der Waals surface area contributed by atoms with Crippen LogP contribution in [-0.2, 0) is 4.79 Å². The first-order valence-corrected chi connectivity index (χ1v) is 15.0. The zero-order chi connectivity index (χ0) is 31.3. The Kier molecular flexibility index (Phi) is 8.34. The highest BCUT2D eigenvalue weighted by atomic mass is 35.5. The van der Waals surface area contributed by atoms with Gasteiger partial charge in [-0.1, -0.05) is 60.1 Å². The average Bonchev–Trinajstić information content (AvgIpc) is 3.32. The van der Waals surface area contributed by atoms with Gasteiger partial charge < -0.3 is 14.5 Å². The topological polar surface area (TPSA) is 61.8 Å². The van der Waals surface area contributed by atoms with Crippen LogP contribution < -0.4 is 9.64 Å². The van der Waals surface area contributed by atoms with Crippen molar-refractivity contribution in [1.82, 2.24) is 19.8 Å². The lowest BCUT2D eigenvalue weighted by Gasteiger charge is -2.40. The summed E-state index contributed by atoms with van der Waals surface area (Å²) in [5.74, 6) is -2.12. The van der Waals surface area contributed by atoms with E-state index in [4.69, 9.17) is 27.9 Å². The predicted octanol–water partition coefficient (Wildman–Crippen LogP) is 6.84. The number of amides is 1. The number of hydrogen-bond acceptors (Lipinski definition) is 6. The van der Waals surface area contributed by atoms with Crippen molar-refractivity contribution in [1.29, 1.82) is 0 Å². The van der Waals surface area contributed by atoms with Crippen LogP contribution in [0.3, 0.4) is 0 Å². The number of carbonyl (C=O) groups excluding carboxylic acids is 1. The van der Waals surface area contributed by atoms with Crippen LogP contribution in [0.2, 0.25) is 10.0 Å². The number of nitrogens with zero attached hydrogens (tertiary/aromatic N) is 5. The number of carbonyl (C=O) groups is 1. The molecule has 2 aliphatic heterocycles. The van der Waals surface area contributed by atoms with Gasteiger partial charge >= 0.3 is 6.01 Å². The van der Waals surface area contributed by atoms with Crippen LogP contribution in [0, 0.1) is 5.82 Å². The number of hydrogen-bond donors (Lipinski definition) is 0. The van der Waals surface area contributed by atoms with Crippen LogP contribution in [0.4, 0.5) is 19.0 Å². The van der Waals surface area contributed by atoms with Crippen molar-refractivity contribution in [3.8, 4) is 17.1 Å². The van der Waals surface area contributed by atoms with E-state index >= 15 is 4.39 Å². The van der Waals surface area contributed by atoms with Crippen molar-refractivity contribution in [3.05, 3.63) is 70.7 Å². The average molecular weight is 645 g/mol. The molecule has 6 rings (SSSR count). The third kappa shape index (κ3) is 5.55. The number of ether oxygens (including phenoxy) is 1. The van der Waals surface area contributed by atoms with E-state index in [1.54, 1.807) is 24.3 Å². The Morgan fingerprint density at radius 2 is 1.86 bits per heavy atom. The van der Waals surface area contributed by atoms with E-state index in [-0.39, 0.29) is 60.4 Å². The van der Waals surface area contributed by atoms with E-state index in [0.717, 1.165) is 5.39 Å². The summed E-state index contributed by atoms with van der Waals surface area (Å²) >= 11 is 13.4. The van der Waals surface area contributed by atoms with E-state index in [1.165, 1.54) is 4.90 Å². The molecule has 2 fully saturated rings. The number of rotatable bonds is 6. The van der Waals surface area contributed by atoms with Gasteiger partial charge in [0.15, 0.2) is 11.6 Å². The molecule has 4 aromatic rings. The fourth-order valence-corrected chi connectivity index (χ4v) is 6.78. The highest BCUT2D eigenvalue weighted by Crippen LogP contribution is 2.43. The number of likely N-dealkylation sites (N-methyl/N-ethyl adjacent to an activating group) is 1. The van der Waals surface area contributed by atoms with E-state index in [1.807, 2.05) is 42.0 Å². The molecule has 3 aromatic carbocycles. The van der Waals surface area contributed by atoms with Crippen molar-refractivity contribution in [3.63, 3.8) is 0 Å². The van der Waals surface area contributed by atoms with Gasteiger partial charge in [0.1, 0.15) is 24.1 Å². The smallest absolute Gasteiger partial charge is 0.319 e. The first kappa shape index (κ1) is 30.4. The van der Waals surface area contributed by atoms with Gasteiger partial charge in [-0.15, -0.1) is 0 Å². The number of piperazine rings is 1. The minimum atomic E-state index is -1.03. The van der Waals surface area contributed by atoms with Crippen LogP contribution >= 0.6 is 23.2 Å². The largest absolute Gasteiger partial charge is 0.462 e. The molecular weight excluding hydrogens is 614 g/mol. The minimum Gasteiger partial charge on any atom is -0.462 e. The highest BCUT2D eigenvalue weighted by Gasteiger charge is 2.33. The third-order valence-electron chi connectivity index (χ3n) is 8.43. The van der Waals surface area contributed by atoms with Gasteiger partial charge in [0.05, 0.1) is 5.02 Å². The molecule has 2 saturated heterocycles. The van der Waals surface area contributed by atoms with Crippen LogP contribution in [0.25, 0.3) is 32.8 Å². The van der Waals surface area contributed by atoms with Crippen LogP contribution in [0.5, 0.6) is 6.01 Å². The lowest BCUT2D eigenvalue weighted by atomic mass is 9.96. The summed E-state index contributed by atoms with van der Waals surface area (Å²) in [6.07, 6.45) is -0.656. The Balaban J connectivity index is 1.48. The zero-order valence-electron chi connectivity index (χ0n) is 24.2. The maximum atomic E-state index is 16.8. The van der Waals surface area contributed by atoms with E-state index in [0.29, 0.717) is 40.1 Å². The first-order valence-electron chi connectivity index (χ1n) is 14.3. The maximum absolute atomic E-state index is 16.8. The number of alkyl halides is 1. The molecule has 0 aliphatic carbocycles. The number of aromatic nitrogens is 2. The lowest BCUT2D eigenvalue weighted by molar-refractivity contribution is -0.129. The summed E-state index contributed by atoms with van der Waals surface area (Å²) < 4.78 is 50.4. The van der Waals surface area contributed by atoms with Crippen LogP contribution in [0.15, 0.2) is 54.9 Å². The fraction of sp³-hybridized carbons (Fsp3) is 0.344. The van der Waals surface area contributed by atoms with Gasteiger partial charge in [-0.3, -0.25) is 9.69 Å². The number of halogens is 5. The predicted molar refractivity (Wildman–Crippen MR) is 168 cm³/mol. The van der Waals surface area contributed by atoms with Crippen molar-refractivity contribution in [2.24, 2.45) is 0 Å². The van der Waals surface area contributed by atoms with Gasteiger partial charge in [0.25, 0.3) is 5.91 Å². The molecule has 44 heavy (non-hydrogen) atoms. The van der Waals surface area contributed by atoms with Gasteiger partial charge in [-0.2, -0.15) is 9.97 Å². The maximum Gasteiger partial charge on any atom is 0.319 e. The van der Waals surface area contributed by atoms with E-state index < -0.39 is 23.7 Å². The lowest BCUT2D eigenvalue weighted by Crippen LogP contribution is -2.54. The molecule has 0 unspecified atom stereocenters. The van der Waals surface area contributed by atoms with E-state index in [9.17, 15) is 13.6 Å². The summed E-state index contributed by atoms with van der Waals surface area (Å²) in [6, 6.07) is 11.9. The molecule has 1 amide bonds. The molecule has 0 radical (unpaired) electrons. The van der Waals surface area contributed by atoms with Gasteiger partial charge in [0.2, 0.25) is 0 Å². The second kappa shape index (κ2) is 12.1. The molecule has 3 atom stereocenters. The van der Waals surface area contributed by atoms with Crippen LogP contribution in [-0.4, -0.2) is 83.8 Å². The first-order chi connectivity index (χ1) is 21.0. The van der Waals surface area contributed by atoms with Crippen molar-refractivity contribution >= 4 is 56.6 Å². The Bertz CT molecular complexity index is 1790. The van der Waals surface area contributed by atoms with E-state index in [2.05, 4.69) is 16.5 Å². The number of likely N-dealkylation sites (tertiary alicyclic amines) is 1. The summed E-state index contributed by atoms with van der Waals surface area (Å²) in [7, 11) is 1.82. The molecular formula is C32H30Cl2F3N5O2. The second-order valence-corrected chi connectivity index (χ2v) is 12.2. The molecule has 0 spiro atoms. The molecule has 3 heterocycles. The standard InChI is InChI=1S/C32H30Cl2F3N5O2/c1-17-14-41(31(43)18(2)35)10-11-42(17)30-23-13-25(34)27(22-8-4-6-19-7-5-9-24(33)26(19)22)28(37)29(23)38-32(39-30)44-16-21-12-20(36)15-40(21)3/h4-9,13,17,20-21H,2,10-12,14-16H2,1,3H3/t17-,20+,21-/m0/s1. The summed E-state index contributed by atoms with van der Waals surface area (Å²) in [5.41, 5.74) is 0.627. The zero-order valence-corrected chi connectivity index (χ0v) is 25.7. The van der Waals surface area contributed by atoms with Crippen molar-refractivity contribution in [2.75, 3.05) is 44.7 Å². The summed E-state index contributed by atoms with van der Waals surface area (Å²) in [5, 5.41) is 2.40. The fourth-order valence-electron chi connectivity index (χ4n) is 6.20. The van der Waals surface area contributed by atoms with Gasteiger partial charge in [-0.25, -0.2) is 13.2 Å². The minimum absolute atomic E-state index is 0.0144. The van der Waals surface area contributed by atoms with Gasteiger partial charge in [-0.05, 0) is 43.5 Å². The Morgan fingerprint density at radius 1 is 1.11 bits per heavy atom. The monoisotopic (exact) mass is 643 g/mol. The molecule has 0 saturated carbocycles. The molecule has 0 N–H and O–H groups in total. The molecule has 1 aromatic heterocycles. The quantitative estimate of drug-likeness (QED) is 0.215. The summed E-state index contributed by atoms with van der Waals surface area (Å²) in [6.45, 7) is 6.06. The number of anilines is 1. The Hall–Kier alpha value is -3.60. The molecule has 230 valence electrons. The Morgan fingerprint density at radius 3 is 2.55 bits per heavy atom. The molecule has 2 aliphatic rings. The number of benzene rings is 3. The van der Waals surface area contributed by atoms with Crippen molar-refractivity contribution < 1.29 is 22.7 Å². The highest BCUT2D eigenvalue weighted by molar-refractivity contribution is 6.38. The normalized spacial score (nSPS) is 20.9. The summed E-state index contributed by atoms with van der Waals surface area (Å²) in [4.78, 5) is 26.6. The second-order valence-electron chi connectivity index (χ2n) is 11.4.